The van der Waals surface area contributed by atoms with Crippen LogP contribution in [0.25, 0.3) is 0 Å². The van der Waals surface area contributed by atoms with Gasteiger partial charge in [-0.1, -0.05) is 12.1 Å². The number of aromatic nitrogens is 1. The van der Waals surface area contributed by atoms with Crippen LogP contribution in [0.5, 0.6) is 5.75 Å². The van der Waals surface area contributed by atoms with Gasteiger partial charge in [0.1, 0.15) is 18.2 Å². The van der Waals surface area contributed by atoms with Crippen LogP contribution in [0, 0.1) is 5.82 Å². The molecule has 76 valence electrons. The molecule has 2 aromatic rings. The molecule has 1 N–H and O–H groups in total. The smallest absolute Gasteiger partial charge is 0.170 e. The Morgan fingerprint density at radius 2 is 1.67 bits per heavy atom. The molecule has 0 aliphatic carbocycles. The number of benzene rings is 1. The van der Waals surface area contributed by atoms with Crippen LogP contribution in [0.4, 0.5) is 4.39 Å². The number of aromatic amines is 1. The monoisotopic (exact) mass is 204 g/mol. The van der Waals surface area contributed by atoms with Crippen LogP contribution in [0.2, 0.25) is 0 Å². The summed E-state index contributed by atoms with van der Waals surface area (Å²) < 4.78 is 18.1. The second-order valence-corrected chi connectivity index (χ2v) is 3.15. The first-order chi connectivity index (χ1) is 7.34. The average molecular weight is 204 g/mol. The normalized spacial score (nSPS) is 9.93. The van der Waals surface area contributed by atoms with Crippen molar-refractivity contribution in [3.8, 4) is 5.75 Å². The van der Waals surface area contributed by atoms with Gasteiger partial charge in [-0.05, 0) is 17.7 Å². The molecule has 15 heavy (non-hydrogen) atoms. The van der Waals surface area contributed by atoms with E-state index < -0.39 is 0 Å². The van der Waals surface area contributed by atoms with Crippen molar-refractivity contribution in [2.24, 2.45) is 0 Å². The van der Waals surface area contributed by atoms with E-state index in [-0.39, 0.29) is 5.82 Å². The molecule has 1 heterocycles. The van der Waals surface area contributed by atoms with E-state index in [1.807, 2.05) is 12.1 Å². The summed E-state index contributed by atoms with van der Waals surface area (Å²) in [6.07, 6.45) is 3.58. The molecule has 0 atom stereocenters. The topological polar surface area (TPSA) is 23.4 Å². The fraction of sp³-hybridized carbons (Fsp3) is 0.0833. The maximum atomic E-state index is 12.6. The summed E-state index contributed by atoms with van der Waals surface area (Å²) in [4.78, 5) is 2.91. The zero-order valence-corrected chi connectivity index (χ0v) is 8.11. The SMILES string of the molecule is Fc1ccc(COc2cc[nH+]cc2)cc1. The van der Waals surface area contributed by atoms with Crippen molar-refractivity contribution in [1.82, 2.24) is 0 Å². The van der Waals surface area contributed by atoms with E-state index in [4.69, 9.17) is 4.74 Å². The van der Waals surface area contributed by atoms with Gasteiger partial charge in [0.15, 0.2) is 12.4 Å². The predicted molar refractivity (Wildman–Crippen MR) is 53.7 cm³/mol. The summed E-state index contributed by atoms with van der Waals surface area (Å²) in [6, 6.07) is 9.96. The van der Waals surface area contributed by atoms with E-state index in [9.17, 15) is 4.39 Å². The van der Waals surface area contributed by atoms with Crippen LogP contribution in [-0.4, -0.2) is 0 Å². The Hall–Kier alpha value is -1.90. The van der Waals surface area contributed by atoms with Gasteiger partial charge in [-0.15, -0.1) is 0 Å². The van der Waals surface area contributed by atoms with Crippen LogP contribution < -0.4 is 9.72 Å². The molecule has 0 aliphatic rings. The molecule has 3 heteroatoms. The minimum atomic E-state index is -0.229. The number of rotatable bonds is 3. The Balaban J connectivity index is 1.96. The van der Waals surface area contributed by atoms with Crippen LogP contribution in [-0.2, 0) is 6.61 Å². The Morgan fingerprint density at radius 3 is 2.33 bits per heavy atom. The van der Waals surface area contributed by atoms with Crippen molar-refractivity contribution < 1.29 is 14.1 Å². The molecule has 2 rings (SSSR count). The highest BCUT2D eigenvalue weighted by Gasteiger charge is 1.96. The second-order valence-electron chi connectivity index (χ2n) is 3.15. The third kappa shape index (κ3) is 2.77. The standard InChI is InChI=1S/C12H10FNO/c13-11-3-1-10(2-4-11)9-15-12-5-7-14-8-6-12/h1-8H,9H2/p+1. The van der Waals surface area contributed by atoms with Gasteiger partial charge in [0.2, 0.25) is 0 Å². The number of halogens is 1. The van der Waals surface area contributed by atoms with Crippen molar-refractivity contribution in [1.29, 1.82) is 0 Å². The van der Waals surface area contributed by atoms with Crippen molar-refractivity contribution >= 4 is 0 Å². The number of hydrogen-bond acceptors (Lipinski definition) is 1. The summed E-state index contributed by atoms with van der Waals surface area (Å²) in [5.41, 5.74) is 0.948. The summed E-state index contributed by atoms with van der Waals surface area (Å²) in [7, 11) is 0. The largest absolute Gasteiger partial charge is 0.488 e. The highest BCUT2D eigenvalue weighted by molar-refractivity contribution is 5.18. The van der Waals surface area contributed by atoms with Crippen molar-refractivity contribution in [3.05, 3.63) is 60.2 Å². The van der Waals surface area contributed by atoms with E-state index in [0.717, 1.165) is 11.3 Å². The number of ether oxygens (including phenoxy) is 1. The Kier molecular flexibility index (Phi) is 2.93. The van der Waals surface area contributed by atoms with Gasteiger partial charge in [-0.2, -0.15) is 0 Å². The predicted octanol–water partition coefficient (Wildman–Crippen LogP) is 2.22. The molecule has 0 amide bonds. The van der Waals surface area contributed by atoms with Crippen molar-refractivity contribution in [3.63, 3.8) is 0 Å². The molecule has 0 saturated heterocycles. The molecule has 0 aliphatic heterocycles. The first-order valence-electron chi connectivity index (χ1n) is 4.68. The molecule has 0 saturated carbocycles. The average Bonchev–Trinajstić information content (AvgIpc) is 2.30. The van der Waals surface area contributed by atoms with Crippen LogP contribution in [0.3, 0.4) is 0 Å². The quantitative estimate of drug-likeness (QED) is 0.751. The lowest BCUT2D eigenvalue weighted by Crippen LogP contribution is -2.00. The second kappa shape index (κ2) is 4.55. The summed E-state index contributed by atoms with van der Waals surface area (Å²) in [6.45, 7) is 0.449. The zero-order valence-electron chi connectivity index (χ0n) is 8.11. The van der Waals surface area contributed by atoms with Gasteiger partial charge in [0.25, 0.3) is 0 Å². The molecule has 2 nitrogen and oxygen atoms in total. The molecular formula is C12H11FNO+. The van der Waals surface area contributed by atoms with E-state index in [0.29, 0.717) is 6.61 Å². The maximum Gasteiger partial charge on any atom is 0.170 e. The van der Waals surface area contributed by atoms with Crippen molar-refractivity contribution in [2.45, 2.75) is 6.61 Å². The number of H-pyrrole nitrogens is 1. The van der Waals surface area contributed by atoms with Crippen LogP contribution >= 0.6 is 0 Å². The van der Waals surface area contributed by atoms with Gasteiger partial charge in [-0.3, -0.25) is 0 Å². The maximum absolute atomic E-state index is 12.6. The minimum Gasteiger partial charge on any atom is -0.488 e. The first kappa shape index (κ1) is 9.65. The van der Waals surface area contributed by atoms with Gasteiger partial charge in [0, 0.05) is 12.1 Å². The first-order valence-corrected chi connectivity index (χ1v) is 4.68. The molecular weight excluding hydrogens is 193 g/mol. The summed E-state index contributed by atoms with van der Waals surface area (Å²) in [5, 5.41) is 0. The Morgan fingerprint density at radius 1 is 1.00 bits per heavy atom. The Labute approximate surface area is 87.4 Å². The highest BCUT2D eigenvalue weighted by atomic mass is 19.1. The lowest BCUT2D eigenvalue weighted by atomic mass is 10.2. The third-order valence-corrected chi connectivity index (χ3v) is 2.01. The molecule has 1 aromatic carbocycles. The Bertz CT molecular complexity index is 413. The van der Waals surface area contributed by atoms with E-state index in [1.54, 1.807) is 24.5 Å². The molecule has 1 aromatic heterocycles. The van der Waals surface area contributed by atoms with Crippen LogP contribution in [0.1, 0.15) is 5.56 Å². The fourth-order valence-electron chi connectivity index (χ4n) is 1.22. The van der Waals surface area contributed by atoms with E-state index in [2.05, 4.69) is 4.98 Å². The van der Waals surface area contributed by atoms with Crippen molar-refractivity contribution in [2.75, 3.05) is 0 Å². The summed E-state index contributed by atoms with van der Waals surface area (Å²) in [5.74, 6) is 0.561. The fourth-order valence-corrected chi connectivity index (χ4v) is 1.22. The zero-order chi connectivity index (χ0) is 10.5. The molecule has 0 radical (unpaired) electrons. The number of hydrogen-bond donors (Lipinski definition) is 0. The molecule has 0 bridgehead atoms. The van der Waals surface area contributed by atoms with Gasteiger partial charge in [-0.25, -0.2) is 9.37 Å². The van der Waals surface area contributed by atoms with Gasteiger partial charge < -0.3 is 4.74 Å². The van der Waals surface area contributed by atoms with E-state index >= 15 is 0 Å². The highest BCUT2D eigenvalue weighted by Crippen LogP contribution is 2.10. The van der Waals surface area contributed by atoms with Crippen LogP contribution in [0.15, 0.2) is 48.8 Å². The number of pyridine rings is 1. The molecule has 0 unspecified atom stereocenters. The lowest BCUT2D eigenvalue weighted by molar-refractivity contribution is -0.378. The molecule has 0 fully saturated rings. The van der Waals surface area contributed by atoms with Gasteiger partial charge >= 0.3 is 0 Å². The number of nitrogens with one attached hydrogen (secondary N) is 1. The lowest BCUT2D eigenvalue weighted by Gasteiger charge is -2.04. The van der Waals surface area contributed by atoms with E-state index in [1.165, 1.54) is 12.1 Å². The third-order valence-electron chi connectivity index (χ3n) is 2.01. The molecule has 0 spiro atoms. The minimum absolute atomic E-state index is 0.229. The van der Waals surface area contributed by atoms with Gasteiger partial charge in [0.05, 0.1) is 0 Å². The summed E-state index contributed by atoms with van der Waals surface area (Å²) >= 11 is 0.